The van der Waals surface area contributed by atoms with Crippen molar-refractivity contribution in [1.82, 2.24) is 15.6 Å². The number of pyridine rings is 1. The van der Waals surface area contributed by atoms with E-state index in [0.717, 1.165) is 40.4 Å². The van der Waals surface area contributed by atoms with Crippen LogP contribution >= 0.6 is 0 Å². The molecule has 0 unspecified atom stereocenters. The molecule has 0 spiro atoms. The molecule has 4 rings (SSSR count). The van der Waals surface area contributed by atoms with E-state index >= 15 is 0 Å². The molecule has 2 heterocycles. The van der Waals surface area contributed by atoms with Crippen molar-refractivity contribution < 1.29 is 9.21 Å². The van der Waals surface area contributed by atoms with Crippen LogP contribution in [0.15, 0.2) is 45.8 Å². The van der Waals surface area contributed by atoms with Gasteiger partial charge in [0.15, 0.2) is 0 Å². The average Bonchev–Trinajstić information content (AvgIpc) is 3.41. The Morgan fingerprint density at radius 1 is 1.11 bits per heavy atom. The van der Waals surface area contributed by atoms with Crippen molar-refractivity contribution >= 4 is 11.6 Å². The van der Waals surface area contributed by atoms with Crippen molar-refractivity contribution in [2.75, 3.05) is 25.5 Å². The third-order valence-electron chi connectivity index (χ3n) is 7.02. The largest absolute Gasteiger partial charge is 0.464 e. The minimum Gasteiger partial charge on any atom is -0.464 e. The molecule has 0 atom stereocenters. The molecule has 1 aromatic carbocycles. The normalized spacial score (nSPS) is 13.6. The zero-order valence-corrected chi connectivity index (χ0v) is 23.2. The molecule has 0 bridgehead atoms. The topological polar surface area (TPSA) is 90.4 Å². The second kappa shape index (κ2) is 13.3. The quantitative estimate of drug-likeness (QED) is 0.395. The highest BCUT2D eigenvalue weighted by Crippen LogP contribution is 2.35. The molecule has 1 aliphatic carbocycles. The predicted molar refractivity (Wildman–Crippen MR) is 151 cm³/mol. The SMILES string of the molecule is CCN(c1cc(-c2ccco2)cc(C(=O)NCc2c(C)cc(C)[nH]c2=O)c1C)C1CCCCC1.CNC. The first kappa shape index (κ1) is 28.3. The molecule has 1 fully saturated rings. The Morgan fingerprint density at radius 3 is 2.41 bits per heavy atom. The van der Waals surface area contributed by atoms with Crippen LogP contribution in [0.25, 0.3) is 11.3 Å². The van der Waals surface area contributed by atoms with Gasteiger partial charge in [0.1, 0.15) is 5.76 Å². The highest BCUT2D eigenvalue weighted by atomic mass is 16.3. The van der Waals surface area contributed by atoms with Gasteiger partial charge in [-0.05, 0) is 96.1 Å². The summed E-state index contributed by atoms with van der Waals surface area (Å²) in [5.41, 5.74) is 5.64. The Balaban J connectivity index is 0.00000121. The van der Waals surface area contributed by atoms with Crippen molar-refractivity contribution in [2.45, 2.75) is 72.4 Å². The molecule has 3 N–H and O–H groups in total. The minimum absolute atomic E-state index is 0.158. The van der Waals surface area contributed by atoms with Crippen LogP contribution in [0.3, 0.4) is 0 Å². The molecule has 7 nitrogen and oxygen atoms in total. The number of benzene rings is 1. The molecule has 1 amide bonds. The molecule has 1 saturated carbocycles. The highest BCUT2D eigenvalue weighted by molar-refractivity contribution is 5.98. The van der Waals surface area contributed by atoms with E-state index in [4.69, 9.17) is 4.42 Å². The number of aryl methyl sites for hydroxylation is 2. The number of hydrogen-bond acceptors (Lipinski definition) is 5. The van der Waals surface area contributed by atoms with Crippen molar-refractivity contribution in [3.8, 4) is 11.3 Å². The van der Waals surface area contributed by atoms with Gasteiger partial charge in [0, 0.05) is 47.2 Å². The number of amides is 1. The fourth-order valence-electron chi connectivity index (χ4n) is 5.20. The molecule has 37 heavy (non-hydrogen) atoms. The lowest BCUT2D eigenvalue weighted by Gasteiger charge is -2.37. The van der Waals surface area contributed by atoms with E-state index in [2.05, 4.69) is 33.5 Å². The zero-order valence-electron chi connectivity index (χ0n) is 23.2. The molecule has 0 saturated heterocycles. The third kappa shape index (κ3) is 6.92. The zero-order chi connectivity index (χ0) is 26.9. The third-order valence-corrected chi connectivity index (χ3v) is 7.02. The molecule has 7 heteroatoms. The summed E-state index contributed by atoms with van der Waals surface area (Å²) in [6.07, 6.45) is 7.79. The van der Waals surface area contributed by atoms with Gasteiger partial charge in [-0.25, -0.2) is 0 Å². The summed E-state index contributed by atoms with van der Waals surface area (Å²) in [4.78, 5) is 31.1. The summed E-state index contributed by atoms with van der Waals surface area (Å²) in [6.45, 7) is 9.01. The van der Waals surface area contributed by atoms with Crippen molar-refractivity contribution in [3.63, 3.8) is 0 Å². The second-order valence-corrected chi connectivity index (χ2v) is 9.85. The van der Waals surface area contributed by atoms with Crippen LogP contribution in [0.1, 0.15) is 71.8 Å². The maximum atomic E-state index is 13.4. The lowest BCUT2D eigenvalue weighted by atomic mass is 9.92. The Bertz CT molecular complexity index is 1220. The summed E-state index contributed by atoms with van der Waals surface area (Å²) in [6, 6.07) is 10.2. The average molecular weight is 507 g/mol. The Kier molecular flexibility index (Phi) is 10.1. The number of nitrogens with one attached hydrogen (secondary N) is 3. The van der Waals surface area contributed by atoms with Crippen LogP contribution in [0.4, 0.5) is 5.69 Å². The lowest BCUT2D eigenvalue weighted by molar-refractivity contribution is 0.0950. The van der Waals surface area contributed by atoms with Crippen LogP contribution in [-0.4, -0.2) is 37.6 Å². The predicted octanol–water partition coefficient (Wildman–Crippen LogP) is 5.48. The first-order valence-electron chi connectivity index (χ1n) is 13.3. The van der Waals surface area contributed by atoms with E-state index in [-0.39, 0.29) is 18.0 Å². The fourth-order valence-corrected chi connectivity index (χ4v) is 5.20. The van der Waals surface area contributed by atoms with Gasteiger partial charge in [-0.3, -0.25) is 9.59 Å². The molecule has 1 aliphatic rings. The summed E-state index contributed by atoms with van der Waals surface area (Å²) in [5, 5.41) is 5.74. The molecule has 3 aromatic rings. The molecular weight excluding hydrogens is 464 g/mol. The number of furan rings is 1. The van der Waals surface area contributed by atoms with Crippen LogP contribution < -0.4 is 21.1 Å². The summed E-state index contributed by atoms with van der Waals surface area (Å²) in [7, 11) is 3.75. The van der Waals surface area contributed by atoms with Gasteiger partial charge in [0.05, 0.1) is 6.26 Å². The van der Waals surface area contributed by atoms with E-state index in [1.54, 1.807) is 6.26 Å². The number of rotatable bonds is 7. The van der Waals surface area contributed by atoms with Crippen LogP contribution in [-0.2, 0) is 6.54 Å². The maximum absolute atomic E-state index is 13.4. The number of anilines is 1. The monoisotopic (exact) mass is 506 g/mol. The van der Waals surface area contributed by atoms with Gasteiger partial charge in [0.2, 0.25) is 0 Å². The number of carbonyl (C=O) groups is 1. The molecular formula is C30H42N4O3. The lowest BCUT2D eigenvalue weighted by Crippen LogP contribution is -2.37. The number of nitrogens with zero attached hydrogens (tertiary/aromatic N) is 1. The number of H-pyrrole nitrogens is 1. The van der Waals surface area contributed by atoms with E-state index in [9.17, 15) is 9.59 Å². The van der Waals surface area contributed by atoms with Gasteiger partial charge >= 0.3 is 0 Å². The standard InChI is InChI=1S/C28H35N3O3.C2H7N/c1-5-31(22-10-7-6-8-11-22)25-16-21(26-12-9-13-34-26)15-23(20(25)4)27(32)29-17-24-18(2)14-19(3)30-28(24)33;1-3-2/h9,12-16,22H,5-8,10-11,17H2,1-4H3,(H,29,32)(H,30,33);3H,1-2H3. The van der Waals surface area contributed by atoms with Gasteiger partial charge < -0.3 is 24.9 Å². The minimum atomic E-state index is -0.189. The number of carbonyl (C=O) groups excluding carboxylic acids is 1. The Hall–Kier alpha value is -3.32. The summed E-state index contributed by atoms with van der Waals surface area (Å²) in [5.74, 6) is 0.548. The summed E-state index contributed by atoms with van der Waals surface area (Å²) < 4.78 is 5.68. The molecule has 200 valence electrons. The van der Waals surface area contributed by atoms with Gasteiger partial charge in [0.25, 0.3) is 11.5 Å². The van der Waals surface area contributed by atoms with E-state index in [1.807, 2.05) is 59.1 Å². The van der Waals surface area contributed by atoms with E-state index in [0.29, 0.717) is 17.2 Å². The Morgan fingerprint density at radius 2 is 1.81 bits per heavy atom. The molecule has 0 aliphatic heterocycles. The smallest absolute Gasteiger partial charge is 0.253 e. The van der Waals surface area contributed by atoms with Crippen molar-refractivity contribution in [1.29, 1.82) is 0 Å². The maximum Gasteiger partial charge on any atom is 0.253 e. The van der Waals surface area contributed by atoms with E-state index in [1.165, 1.54) is 32.1 Å². The number of aromatic nitrogens is 1. The van der Waals surface area contributed by atoms with Gasteiger partial charge in [-0.1, -0.05) is 19.3 Å². The molecule has 0 radical (unpaired) electrons. The second-order valence-electron chi connectivity index (χ2n) is 9.85. The van der Waals surface area contributed by atoms with Crippen molar-refractivity contribution in [2.24, 2.45) is 0 Å². The van der Waals surface area contributed by atoms with Crippen molar-refractivity contribution in [3.05, 3.63) is 74.9 Å². The fraction of sp³-hybridized carbons (Fsp3) is 0.467. The van der Waals surface area contributed by atoms with Crippen LogP contribution in [0.2, 0.25) is 0 Å². The first-order valence-corrected chi connectivity index (χ1v) is 13.3. The van der Waals surface area contributed by atoms with Gasteiger partial charge in [-0.15, -0.1) is 0 Å². The van der Waals surface area contributed by atoms with Crippen LogP contribution in [0, 0.1) is 20.8 Å². The Labute approximate surface area is 220 Å². The van der Waals surface area contributed by atoms with Crippen LogP contribution in [0.5, 0.6) is 0 Å². The first-order chi connectivity index (χ1) is 17.8. The van der Waals surface area contributed by atoms with E-state index < -0.39 is 0 Å². The number of aromatic amines is 1. The summed E-state index contributed by atoms with van der Waals surface area (Å²) >= 11 is 0. The molecule has 2 aromatic heterocycles. The van der Waals surface area contributed by atoms with Gasteiger partial charge in [-0.2, -0.15) is 0 Å². The highest BCUT2D eigenvalue weighted by Gasteiger charge is 2.25. The number of hydrogen-bond donors (Lipinski definition) is 3.